The molecule has 0 aromatic carbocycles. The maximum atomic E-state index is 12.9. The number of hydrogen-bond donors (Lipinski definition) is 0. The van der Waals surface area contributed by atoms with Gasteiger partial charge in [-0.3, -0.25) is 9.59 Å². The van der Waals surface area contributed by atoms with Crippen molar-refractivity contribution in [2.75, 3.05) is 19.7 Å². The molecule has 6 heteroatoms. The van der Waals surface area contributed by atoms with E-state index in [1.807, 2.05) is 0 Å². The van der Waals surface area contributed by atoms with E-state index in [0.717, 1.165) is 25.7 Å². The van der Waals surface area contributed by atoms with Crippen molar-refractivity contribution in [2.24, 2.45) is 5.92 Å². The molecule has 6 nitrogen and oxygen atoms in total. The van der Waals surface area contributed by atoms with Crippen LogP contribution in [0.2, 0.25) is 0 Å². The quantitative estimate of drug-likeness (QED) is 0.809. The smallest absolute Gasteiger partial charge is 0.254 e. The molecule has 2 heterocycles. The number of pyridine rings is 1. The largest absolute Gasteiger partial charge is 0.474 e. The maximum Gasteiger partial charge on any atom is 0.254 e. The first-order chi connectivity index (χ1) is 12.7. The molecule has 2 saturated carbocycles. The Morgan fingerprint density at radius 1 is 1.15 bits per heavy atom. The van der Waals surface area contributed by atoms with Gasteiger partial charge in [0.05, 0.1) is 13.2 Å². The van der Waals surface area contributed by atoms with E-state index in [4.69, 9.17) is 9.47 Å². The Kier molecular flexibility index (Phi) is 5.20. The monoisotopic (exact) mass is 358 g/mol. The van der Waals surface area contributed by atoms with Crippen molar-refractivity contribution in [3.8, 4) is 5.88 Å². The zero-order valence-corrected chi connectivity index (χ0v) is 15.1. The summed E-state index contributed by atoms with van der Waals surface area (Å²) in [5.74, 6) is 0.726. The van der Waals surface area contributed by atoms with Gasteiger partial charge in [-0.15, -0.1) is 0 Å². The normalized spacial score (nSPS) is 24.3. The molecule has 1 aromatic heterocycles. The van der Waals surface area contributed by atoms with Gasteiger partial charge in [0.2, 0.25) is 5.88 Å². The van der Waals surface area contributed by atoms with Crippen molar-refractivity contribution >= 4 is 11.7 Å². The van der Waals surface area contributed by atoms with E-state index in [1.54, 1.807) is 23.2 Å². The summed E-state index contributed by atoms with van der Waals surface area (Å²) in [7, 11) is 0. The second-order valence-corrected chi connectivity index (χ2v) is 7.55. The minimum atomic E-state index is -0.472. The highest BCUT2D eigenvalue weighted by Gasteiger charge is 2.38. The summed E-state index contributed by atoms with van der Waals surface area (Å²) >= 11 is 0. The molecule has 140 valence electrons. The van der Waals surface area contributed by atoms with E-state index in [1.165, 1.54) is 19.3 Å². The molecule has 2 aliphatic carbocycles. The Labute approximate surface area is 153 Å². The maximum absolute atomic E-state index is 12.9. The van der Waals surface area contributed by atoms with E-state index in [0.29, 0.717) is 31.1 Å². The molecule has 3 fully saturated rings. The van der Waals surface area contributed by atoms with Gasteiger partial charge < -0.3 is 14.4 Å². The summed E-state index contributed by atoms with van der Waals surface area (Å²) in [6.07, 6.45) is 9.01. The van der Waals surface area contributed by atoms with E-state index in [-0.39, 0.29) is 23.7 Å². The van der Waals surface area contributed by atoms with Crippen LogP contribution in [-0.4, -0.2) is 53.5 Å². The summed E-state index contributed by atoms with van der Waals surface area (Å²) < 4.78 is 11.6. The van der Waals surface area contributed by atoms with Crippen LogP contribution in [0.25, 0.3) is 0 Å². The molecule has 1 atom stereocenters. The molecule has 0 spiro atoms. The summed E-state index contributed by atoms with van der Waals surface area (Å²) in [6.45, 7) is 1.26. The van der Waals surface area contributed by atoms with E-state index in [2.05, 4.69) is 4.98 Å². The lowest BCUT2D eigenvalue weighted by atomic mass is 9.98. The highest BCUT2D eigenvalue weighted by Crippen LogP contribution is 2.32. The first-order valence-electron chi connectivity index (χ1n) is 9.78. The Hall–Kier alpha value is -1.95. The zero-order chi connectivity index (χ0) is 17.9. The van der Waals surface area contributed by atoms with E-state index < -0.39 is 6.10 Å². The van der Waals surface area contributed by atoms with Gasteiger partial charge in [0.15, 0.2) is 5.78 Å². The SMILES string of the molecule is O=C(C1CC1)C1CN(C(=O)c2ccnc(OC3CCCCC3)c2)CCO1. The average molecular weight is 358 g/mol. The Balaban J connectivity index is 1.40. The number of amides is 1. The predicted molar refractivity (Wildman–Crippen MR) is 95.1 cm³/mol. The lowest BCUT2D eigenvalue weighted by Crippen LogP contribution is -2.49. The third-order valence-electron chi connectivity index (χ3n) is 5.47. The van der Waals surface area contributed by atoms with Gasteiger partial charge in [0.25, 0.3) is 5.91 Å². The molecule has 1 aromatic rings. The zero-order valence-electron chi connectivity index (χ0n) is 15.1. The van der Waals surface area contributed by atoms with Crippen molar-refractivity contribution in [3.05, 3.63) is 23.9 Å². The number of hydrogen-bond acceptors (Lipinski definition) is 5. The highest BCUT2D eigenvalue weighted by molar-refractivity contribution is 5.95. The Morgan fingerprint density at radius 2 is 1.96 bits per heavy atom. The fourth-order valence-electron chi connectivity index (χ4n) is 3.78. The molecule has 1 amide bonds. The topological polar surface area (TPSA) is 68.7 Å². The number of morpholine rings is 1. The van der Waals surface area contributed by atoms with E-state index in [9.17, 15) is 9.59 Å². The second-order valence-electron chi connectivity index (χ2n) is 7.55. The minimum absolute atomic E-state index is 0.0854. The molecule has 1 aliphatic heterocycles. The van der Waals surface area contributed by atoms with Crippen molar-refractivity contribution in [1.82, 2.24) is 9.88 Å². The standard InChI is InChI=1S/C20H26N2O4/c23-19(14-6-7-14)17-13-22(10-11-25-17)20(24)15-8-9-21-18(12-15)26-16-4-2-1-3-5-16/h8-9,12,14,16-17H,1-7,10-11,13H2. The Morgan fingerprint density at radius 3 is 2.73 bits per heavy atom. The fourth-order valence-corrected chi connectivity index (χ4v) is 3.78. The Bertz CT molecular complexity index is 668. The lowest BCUT2D eigenvalue weighted by molar-refractivity contribution is -0.136. The van der Waals surface area contributed by atoms with Crippen LogP contribution < -0.4 is 4.74 Å². The molecule has 3 aliphatic rings. The molecule has 0 radical (unpaired) electrons. The summed E-state index contributed by atoms with van der Waals surface area (Å²) in [4.78, 5) is 31.1. The van der Waals surface area contributed by atoms with Crippen molar-refractivity contribution < 1.29 is 19.1 Å². The van der Waals surface area contributed by atoms with Gasteiger partial charge in [-0.05, 0) is 44.6 Å². The molecule has 26 heavy (non-hydrogen) atoms. The van der Waals surface area contributed by atoms with Gasteiger partial charge in [0.1, 0.15) is 12.2 Å². The third-order valence-corrected chi connectivity index (χ3v) is 5.47. The fraction of sp³-hybridized carbons (Fsp3) is 0.650. The molecular weight excluding hydrogens is 332 g/mol. The van der Waals surface area contributed by atoms with Gasteiger partial charge in [-0.1, -0.05) is 6.42 Å². The number of ketones is 1. The molecule has 4 rings (SSSR count). The van der Waals surface area contributed by atoms with Crippen LogP contribution >= 0.6 is 0 Å². The lowest BCUT2D eigenvalue weighted by Gasteiger charge is -2.32. The van der Waals surface area contributed by atoms with Gasteiger partial charge in [-0.2, -0.15) is 0 Å². The second kappa shape index (κ2) is 7.74. The third kappa shape index (κ3) is 4.06. The molecule has 0 bridgehead atoms. The number of carbonyl (C=O) groups is 2. The summed E-state index contributed by atoms with van der Waals surface area (Å²) in [5.41, 5.74) is 0.560. The number of aromatic nitrogens is 1. The van der Waals surface area contributed by atoms with Crippen molar-refractivity contribution in [3.63, 3.8) is 0 Å². The van der Waals surface area contributed by atoms with Gasteiger partial charge >= 0.3 is 0 Å². The van der Waals surface area contributed by atoms with Crippen LogP contribution in [0.3, 0.4) is 0 Å². The first-order valence-corrected chi connectivity index (χ1v) is 9.78. The van der Waals surface area contributed by atoms with E-state index >= 15 is 0 Å². The average Bonchev–Trinajstić information content (AvgIpc) is 3.53. The molecule has 0 N–H and O–H groups in total. The number of carbonyl (C=O) groups excluding carboxylic acids is 2. The highest BCUT2D eigenvalue weighted by atomic mass is 16.5. The predicted octanol–water partition coefficient (Wildman–Crippen LogP) is 2.61. The minimum Gasteiger partial charge on any atom is -0.474 e. The molecule has 1 unspecified atom stereocenters. The van der Waals surface area contributed by atoms with Crippen LogP contribution in [0.5, 0.6) is 5.88 Å². The van der Waals surface area contributed by atoms with Crippen LogP contribution in [0.1, 0.15) is 55.3 Å². The number of rotatable bonds is 5. The number of ether oxygens (including phenoxy) is 2. The van der Waals surface area contributed by atoms with Gasteiger partial charge in [-0.25, -0.2) is 4.98 Å². The van der Waals surface area contributed by atoms with Crippen LogP contribution in [0, 0.1) is 5.92 Å². The first kappa shape index (κ1) is 17.5. The molecular formula is C20H26N2O4. The summed E-state index contributed by atoms with van der Waals surface area (Å²) in [5, 5.41) is 0. The van der Waals surface area contributed by atoms with Gasteiger partial charge in [0, 0.05) is 30.3 Å². The summed E-state index contributed by atoms with van der Waals surface area (Å²) in [6, 6.07) is 3.44. The van der Waals surface area contributed by atoms with Crippen LogP contribution in [0.4, 0.5) is 0 Å². The van der Waals surface area contributed by atoms with Crippen LogP contribution in [0.15, 0.2) is 18.3 Å². The van der Waals surface area contributed by atoms with Crippen molar-refractivity contribution in [1.29, 1.82) is 0 Å². The molecule has 1 saturated heterocycles. The number of nitrogens with zero attached hydrogens (tertiary/aromatic N) is 2. The van der Waals surface area contributed by atoms with Crippen LogP contribution in [-0.2, 0) is 9.53 Å². The number of Topliss-reactive ketones (excluding diaryl/α,β-unsaturated/α-hetero) is 1. The van der Waals surface area contributed by atoms with Crippen molar-refractivity contribution in [2.45, 2.75) is 57.2 Å².